The maximum atomic E-state index is 6.11. The van der Waals surface area contributed by atoms with Crippen molar-refractivity contribution in [3.63, 3.8) is 0 Å². The highest BCUT2D eigenvalue weighted by Gasteiger charge is 2.04. The van der Waals surface area contributed by atoms with Crippen LogP contribution in [0.2, 0.25) is 10.0 Å². The van der Waals surface area contributed by atoms with E-state index in [1.165, 1.54) is 6.26 Å². The van der Waals surface area contributed by atoms with Gasteiger partial charge in [0.15, 0.2) is 5.96 Å². The Morgan fingerprint density at radius 1 is 1.24 bits per heavy atom. The van der Waals surface area contributed by atoms with Crippen molar-refractivity contribution < 1.29 is 4.52 Å². The Labute approximate surface area is 150 Å². The van der Waals surface area contributed by atoms with Gasteiger partial charge < -0.3 is 15.2 Å². The van der Waals surface area contributed by atoms with E-state index < -0.39 is 0 Å². The second-order valence-electron chi connectivity index (χ2n) is 4.01. The van der Waals surface area contributed by atoms with Crippen LogP contribution in [-0.2, 0) is 13.1 Å². The molecule has 1 heterocycles. The Hall–Kier alpha value is -0.990. The largest absolute Gasteiger partial charge is 0.364 e. The fourth-order valence-electron chi connectivity index (χ4n) is 1.57. The molecule has 1 aromatic heterocycles. The number of benzene rings is 1. The highest BCUT2D eigenvalue weighted by molar-refractivity contribution is 14.0. The lowest BCUT2D eigenvalue weighted by Gasteiger charge is -2.11. The molecule has 0 bridgehead atoms. The molecule has 0 saturated carbocycles. The van der Waals surface area contributed by atoms with Crippen molar-refractivity contribution in [3.8, 4) is 0 Å². The van der Waals surface area contributed by atoms with Gasteiger partial charge in [-0.3, -0.25) is 4.99 Å². The summed E-state index contributed by atoms with van der Waals surface area (Å²) >= 11 is 12.0. The van der Waals surface area contributed by atoms with Gasteiger partial charge in [0.05, 0.1) is 6.54 Å². The van der Waals surface area contributed by atoms with Crippen molar-refractivity contribution >= 4 is 53.1 Å². The highest BCUT2D eigenvalue weighted by Crippen LogP contribution is 2.20. The summed E-state index contributed by atoms with van der Waals surface area (Å²) in [5.74, 6) is 0.652. The summed E-state index contributed by atoms with van der Waals surface area (Å²) in [4.78, 5) is 4.12. The van der Waals surface area contributed by atoms with E-state index in [1.54, 1.807) is 25.2 Å². The summed E-state index contributed by atoms with van der Waals surface area (Å²) in [6.45, 7) is 1.08. The SMILES string of the molecule is CN=C(NCc1ccon1)NCc1ccc(Cl)cc1Cl.I. The van der Waals surface area contributed by atoms with Crippen molar-refractivity contribution in [3.05, 3.63) is 51.8 Å². The Bertz CT molecular complexity index is 590. The van der Waals surface area contributed by atoms with Crippen molar-refractivity contribution in [1.82, 2.24) is 15.8 Å². The summed E-state index contributed by atoms with van der Waals surface area (Å²) in [7, 11) is 1.70. The second kappa shape index (κ2) is 9.11. The summed E-state index contributed by atoms with van der Waals surface area (Å²) in [6, 6.07) is 7.18. The summed E-state index contributed by atoms with van der Waals surface area (Å²) in [5.41, 5.74) is 1.75. The van der Waals surface area contributed by atoms with Gasteiger partial charge in [-0.05, 0) is 17.7 Å². The fraction of sp³-hybridized carbons (Fsp3) is 0.231. The molecule has 0 amide bonds. The first-order chi connectivity index (χ1) is 9.69. The van der Waals surface area contributed by atoms with Gasteiger partial charge in [0, 0.05) is 29.7 Å². The number of nitrogens with one attached hydrogen (secondary N) is 2. The van der Waals surface area contributed by atoms with E-state index in [-0.39, 0.29) is 24.0 Å². The molecular formula is C13H15Cl2IN4O. The zero-order valence-corrected chi connectivity index (χ0v) is 15.1. The molecule has 0 fully saturated rings. The van der Waals surface area contributed by atoms with E-state index in [1.807, 2.05) is 6.07 Å². The van der Waals surface area contributed by atoms with Crippen LogP contribution < -0.4 is 10.6 Å². The van der Waals surface area contributed by atoms with Crippen LogP contribution in [0.4, 0.5) is 0 Å². The molecule has 2 rings (SSSR count). The molecular weight excluding hydrogens is 426 g/mol. The van der Waals surface area contributed by atoms with E-state index in [0.29, 0.717) is 29.1 Å². The van der Waals surface area contributed by atoms with Crippen LogP contribution in [0.5, 0.6) is 0 Å². The van der Waals surface area contributed by atoms with Crippen LogP contribution in [0.15, 0.2) is 40.0 Å². The van der Waals surface area contributed by atoms with Gasteiger partial charge in [-0.2, -0.15) is 0 Å². The number of hydrogen-bond acceptors (Lipinski definition) is 3. The van der Waals surface area contributed by atoms with Crippen molar-refractivity contribution in [2.75, 3.05) is 7.05 Å². The first kappa shape index (κ1) is 18.1. The molecule has 8 heteroatoms. The van der Waals surface area contributed by atoms with E-state index >= 15 is 0 Å². The molecule has 0 aliphatic carbocycles. The predicted octanol–water partition coefficient (Wildman–Crippen LogP) is 3.46. The minimum absolute atomic E-state index is 0. The number of aromatic nitrogens is 1. The van der Waals surface area contributed by atoms with Crippen molar-refractivity contribution in [1.29, 1.82) is 0 Å². The topological polar surface area (TPSA) is 62.5 Å². The molecule has 0 aliphatic heterocycles. The molecule has 0 saturated heterocycles. The number of rotatable bonds is 4. The Balaban J connectivity index is 0.00000220. The summed E-state index contributed by atoms with van der Waals surface area (Å²) < 4.78 is 4.76. The third kappa shape index (κ3) is 5.72. The van der Waals surface area contributed by atoms with E-state index in [9.17, 15) is 0 Å². The lowest BCUT2D eigenvalue weighted by Crippen LogP contribution is -2.36. The van der Waals surface area contributed by atoms with Gasteiger partial charge in [-0.25, -0.2) is 0 Å². The second-order valence-corrected chi connectivity index (χ2v) is 4.85. The number of hydrogen-bond donors (Lipinski definition) is 2. The van der Waals surface area contributed by atoms with Gasteiger partial charge >= 0.3 is 0 Å². The standard InChI is InChI=1S/C13H14Cl2N4O.HI/c1-16-13(18-8-11-4-5-20-19-11)17-7-9-2-3-10(14)6-12(9)15;/h2-6H,7-8H2,1H3,(H2,16,17,18);1H. The molecule has 0 unspecified atom stereocenters. The van der Waals surface area contributed by atoms with Crippen LogP contribution in [0.3, 0.4) is 0 Å². The smallest absolute Gasteiger partial charge is 0.191 e. The first-order valence-corrected chi connectivity index (χ1v) is 6.72. The maximum Gasteiger partial charge on any atom is 0.191 e. The van der Waals surface area contributed by atoms with E-state index in [4.69, 9.17) is 27.7 Å². The average molecular weight is 441 g/mol. The minimum atomic E-state index is 0. The number of nitrogens with zero attached hydrogens (tertiary/aromatic N) is 2. The number of halogens is 3. The zero-order valence-electron chi connectivity index (χ0n) is 11.3. The average Bonchev–Trinajstić information content (AvgIpc) is 2.94. The van der Waals surface area contributed by atoms with Gasteiger partial charge in [-0.15, -0.1) is 24.0 Å². The lowest BCUT2D eigenvalue weighted by molar-refractivity contribution is 0.410. The maximum absolute atomic E-state index is 6.11. The molecule has 0 atom stereocenters. The number of guanidine groups is 1. The van der Waals surface area contributed by atoms with Gasteiger partial charge in [0.2, 0.25) is 0 Å². The van der Waals surface area contributed by atoms with E-state index in [2.05, 4.69) is 20.8 Å². The van der Waals surface area contributed by atoms with Crippen LogP contribution >= 0.6 is 47.2 Å². The van der Waals surface area contributed by atoms with Crippen LogP contribution in [0.1, 0.15) is 11.3 Å². The Kier molecular flexibility index (Phi) is 7.84. The van der Waals surface area contributed by atoms with Crippen LogP contribution in [0, 0.1) is 0 Å². The third-order valence-electron chi connectivity index (χ3n) is 2.61. The number of aliphatic imine (C=N–C) groups is 1. The highest BCUT2D eigenvalue weighted by atomic mass is 127. The Morgan fingerprint density at radius 3 is 2.62 bits per heavy atom. The monoisotopic (exact) mass is 440 g/mol. The predicted molar refractivity (Wildman–Crippen MR) is 95.4 cm³/mol. The molecule has 21 heavy (non-hydrogen) atoms. The normalized spacial score (nSPS) is 10.9. The molecule has 2 N–H and O–H groups in total. The fourth-order valence-corrected chi connectivity index (χ4v) is 2.04. The van der Waals surface area contributed by atoms with Crippen molar-refractivity contribution in [2.24, 2.45) is 4.99 Å². The van der Waals surface area contributed by atoms with Crippen LogP contribution in [0.25, 0.3) is 0 Å². The van der Waals surface area contributed by atoms with Gasteiger partial charge in [-0.1, -0.05) is 34.4 Å². The molecule has 0 aliphatic rings. The van der Waals surface area contributed by atoms with Gasteiger partial charge in [0.25, 0.3) is 0 Å². The first-order valence-electron chi connectivity index (χ1n) is 5.96. The molecule has 0 spiro atoms. The van der Waals surface area contributed by atoms with Gasteiger partial charge in [0.1, 0.15) is 12.0 Å². The quantitative estimate of drug-likeness (QED) is 0.434. The minimum Gasteiger partial charge on any atom is -0.364 e. The summed E-state index contributed by atoms with van der Waals surface area (Å²) in [5, 5.41) is 11.3. The van der Waals surface area contributed by atoms with Crippen molar-refractivity contribution in [2.45, 2.75) is 13.1 Å². The van der Waals surface area contributed by atoms with E-state index in [0.717, 1.165) is 11.3 Å². The molecule has 114 valence electrons. The third-order valence-corrected chi connectivity index (χ3v) is 3.20. The molecule has 5 nitrogen and oxygen atoms in total. The molecule has 2 aromatic rings. The zero-order chi connectivity index (χ0) is 14.4. The van der Waals surface area contributed by atoms with Crippen LogP contribution in [-0.4, -0.2) is 18.2 Å². The Morgan fingerprint density at radius 2 is 2.00 bits per heavy atom. The molecule has 0 radical (unpaired) electrons. The lowest BCUT2D eigenvalue weighted by atomic mass is 10.2. The molecule has 1 aromatic carbocycles. The summed E-state index contributed by atoms with van der Waals surface area (Å²) in [6.07, 6.45) is 1.53.